The maximum Gasteiger partial charge on any atom is 0.133 e. The van der Waals surface area contributed by atoms with Gasteiger partial charge in [-0.2, -0.15) is 5.10 Å². The zero-order chi connectivity index (χ0) is 13.9. The number of nitrogens with zero attached hydrogens (tertiary/aromatic N) is 2. The van der Waals surface area contributed by atoms with Crippen LogP contribution < -0.4 is 5.32 Å². The number of aryl methyl sites for hydroxylation is 1. The Labute approximate surface area is 128 Å². The highest BCUT2D eigenvalue weighted by atomic mass is 79.9. The summed E-state index contributed by atoms with van der Waals surface area (Å²) in [6, 6.07) is 8.28. The Morgan fingerprint density at radius 3 is 2.95 bits per heavy atom. The molecule has 2 heterocycles. The van der Waals surface area contributed by atoms with E-state index in [4.69, 9.17) is 5.10 Å². The number of rotatable bonds is 3. The van der Waals surface area contributed by atoms with Gasteiger partial charge in [0.15, 0.2) is 0 Å². The van der Waals surface area contributed by atoms with Crippen molar-refractivity contribution in [1.29, 1.82) is 0 Å². The average Bonchev–Trinajstić information content (AvgIpc) is 2.64. The molecule has 1 N–H and O–H groups in total. The smallest absolute Gasteiger partial charge is 0.133 e. The predicted molar refractivity (Wildman–Crippen MR) is 86.7 cm³/mol. The second kappa shape index (κ2) is 6.00. The van der Waals surface area contributed by atoms with Crippen LogP contribution in [0.4, 0.5) is 5.82 Å². The first-order valence-electron chi connectivity index (χ1n) is 7.40. The van der Waals surface area contributed by atoms with Crippen molar-refractivity contribution in [1.82, 2.24) is 9.78 Å². The Bertz CT molecular complexity index is 604. The molecule has 3 rings (SSSR count). The summed E-state index contributed by atoms with van der Waals surface area (Å²) in [5.74, 6) is 1.19. The van der Waals surface area contributed by atoms with Crippen LogP contribution in [0.2, 0.25) is 0 Å². The SMILES string of the molecule is CCCc1nn(-c2ccccc2Br)c2c1CCCCN2. The average molecular weight is 334 g/mol. The van der Waals surface area contributed by atoms with Crippen molar-refractivity contribution in [3.63, 3.8) is 0 Å². The standard InChI is InChI=1S/C16H20BrN3/c1-2-7-14-12-8-5-6-11-18-16(12)20(19-14)15-10-4-3-9-13(15)17/h3-4,9-10,18H,2,5-8,11H2,1H3. The molecule has 0 spiro atoms. The fourth-order valence-corrected chi connectivity index (χ4v) is 3.26. The number of benzene rings is 1. The molecular weight excluding hydrogens is 314 g/mol. The molecule has 0 saturated heterocycles. The van der Waals surface area contributed by atoms with Crippen molar-refractivity contribution < 1.29 is 0 Å². The summed E-state index contributed by atoms with van der Waals surface area (Å²) in [7, 11) is 0. The summed E-state index contributed by atoms with van der Waals surface area (Å²) >= 11 is 3.64. The van der Waals surface area contributed by atoms with E-state index < -0.39 is 0 Å². The molecule has 0 aliphatic carbocycles. The molecule has 0 fully saturated rings. The zero-order valence-corrected chi connectivity index (χ0v) is 13.4. The van der Waals surface area contributed by atoms with E-state index in [0.717, 1.165) is 36.0 Å². The van der Waals surface area contributed by atoms with Crippen LogP contribution in [0.1, 0.15) is 37.4 Å². The van der Waals surface area contributed by atoms with Crippen molar-refractivity contribution in [3.05, 3.63) is 40.0 Å². The number of nitrogens with one attached hydrogen (secondary N) is 1. The molecule has 0 saturated carbocycles. The minimum Gasteiger partial charge on any atom is -0.370 e. The largest absolute Gasteiger partial charge is 0.370 e. The Morgan fingerprint density at radius 1 is 1.30 bits per heavy atom. The molecular formula is C16H20BrN3. The van der Waals surface area contributed by atoms with E-state index in [1.54, 1.807) is 0 Å². The first-order chi connectivity index (χ1) is 9.81. The summed E-state index contributed by atoms with van der Waals surface area (Å²) < 4.78 is 3.16. The van der Waals surface area contributed by atoms with Crippen LogP contribution in [0.5, 0.6) is 0 Å². The molecule has 0 bridgehead atoms. The third kappa shape index (κ3) is 2.49. The fraction of sp³-hybridized carbons (Fsp3) is 0.438. The van der Waals surface area contributed by atoms with E-state index in [0.29, 0.717) is 0 Å². The second-order valence-electron chi connectivity index (χ2n) is 5.27. The number of fused-ring (bicyclic) bond motifs is 1. The Kier molecular flexibility index (Phi) is 4.10. The van der Waals surface area contributed by atoms with E-state index in [2.05, 4.69) is 51.1 Å². The third-order valence-corrected chi connectivity index (χ3v) is 4.45. The van der Waals surface area contributed by atoms with E-state index in [1.165, 1.54) is 29.9 Å². The van der Waals surface area contributed by atoms with Crippen molar-refractivity contribution in [2.45, 2.75) is 39.0 Å². The van der Waals surface area contributed by atoms with Gasteiger partial charge in [-0.15, -0.1) is 0 Å². The number of halogens is 1. The Balaban J connectivity index is 2.13. The molecule has 0 radical (unpaired) electrons. The first kappa shape index (κ1) is 13.7. The molecule has 0 atom stereocenters. The summed E-state index contributed by atoms with van der Waals surface area (Å²) in [6.45, 7) is 3.25. The second-order valence-corrected chi connectivity index (χ2v) is 6.13. The summed E-state index contributed by atoms with van der Waals surface area (Å²) in [4.78, 5) is 0. The van der Waals surface area contributed by atoms with Gasteiger partial charge in [-0.05, 0) is 53.7 Å². The molecule has 106 valence electrons. The van der Waals surface area contributed by atoms with Gasteiger partial charge in [-0.25, -0.2) is 4.68 Å². The lowest BCUT2D eigenvalue weighted by Gasteiger charge is -2.10. The van der Waals surface area contributed by atoms with E-state index in [1.807, 2.05) is 6.07 Å². The molecule has 1 aromatic carbocycles. The van der Waals surface area contributed by atoms with Crippen LogP contribution in [0.25, 0.3) is 5.69 Å². The van der Waals surface area contributed by atoms with E-state index in [-0.39, 0.29) is 0 Å². The van der Waals surface area contributed by atoms with Crippen LogP contribution in [0, 0.1) is 0 Å². The highest BCUT2D eigenvalue weighted by molar-refractivity contribution is 9.10. The summed E-state index contributed by atoms with van der Waals surface area (Å²) in [5, 5.41) is 8.46. The number of aromatic nitrogens is 2. The molecule has 0 amide bonds. The summed E-state index contributed by atoms with van der Waals surface area (Å²) in [6.07, 6.45) is 5.82. The normalized spacial score (nSPS) is 14.5. The minimum atomic E-state index is 1.04. The van der Waals surface area contributed by atoms with E-state index >= 15 is 0 Å². The van der Waals surface area contributed by atoms with Gasteiger partial charge >= 0.3 is 0 Å². The maximum absolute atomic E-state index is 4.88. The molecule has 1 aliphatic rings. The van der Waals surface area contributed by atoms with Crippen molar-refractivity contribution >= 4 is 21.7 Å². The lowest BCUT2D eigenvalue weighted by molar-refractivity contribution is 0.753. The number of anilines is 1. The lowest BCUT2D eigenvalue weighted by atomic mass is 10.1. The van der Waals surface area contributed by atoms with Crippen LogP contribution in [0.15, 0.2) is 28.7 Å². The minimum absolute atomic E-state index is 1.04. The number of hydrogen-bond donors (Lipinski definition) is 1. The van der Waals surface area contributed by atoms with Gasteiger partial charge in [0.25, 0.3) is 0 Å². The van der Waals surface area contributed by atoms with Crippen molar-refractivity contribution in [2.75, 3.05) is 11.9 Å². The van der Waals surface area contributed by atoms with Crippen LogP contribution in [0.3, 0.4) is 0 Å². The van der Waals surface area contributed by atoms with Crippen LogP contribution in [-0.4, -0.2) is 16.3 Å². The monoisotopic (exact) mass is 333 g/mol. The quantitative estimate of drug-likeness (QED) is 0.905. The highest BCUT2D eigenvalue weighted by Gasteiger charge is 2.20. The molecule has 4 heteroatoms. The number of hydrogen-bond acceptors (Lipinski definition) is 2. The van der Waals surface area contributed by atoms with Gasteiger partial charge in [0.05, 0.1) is 11.4 Å². The van der Waals surface area contributed by atoms with Gasteiger partial charge in [0, 0.05) is 16.6 Å². The van der Waals surface area contributed by atoms with Gasteiger partial charge in [0.1, 0.15) is 5.82 Å². The molecule has 0 unspecified atom stereocenters. The predicted octanol–water partition coefficient (Wildman–Crippen LogP) is 4.34. The van der Waals surface area contributed by atoms with Gasteiger partial charge in [-0.3, -0.25) is 0 Å². The van der Waals surface area contributed by atoms with Crippen LogP contribution >= 0.6 is 15.9 Å². The zero-order valence-electron chi connectivity index (χ0n) is 11.8. The number of para-hydroxylation sites is 1. The highest BCUT2D eigenvalue weighted by Crippen LogP contribution is 2.31. The topological polar surface area (TPSA) is 29.9 Å². The third-order valence-electron chi connectivity index (χ3n) is 3.78. The van der Waals surface area contributed by atoms with Crippen LogP contribution in [-0.2, 0) is 12.8 Å². The summed E-state index contributed by atoms with van der Waals surface area (Å²) in [5.41, 5.74) is 3.79. The fourth-order valence-electron chi connectivity index (χ4n) is 2.81. The molecule has 1 aromatic heterocycles. The Hall–Kier alpha value is -1.29. The molecule has 1 aliphatic heterocycles. The first-order valence-corrected chi connectivity index (χ1v) is 8.20. The van der Waals surface area contributed by atoms with E-state index in [9.17, 15) is 0 Å². The molecule has 2 aromatic rings. The van der Waals surface area contributed by atoms with Gasteiger partial charge in [0.2, 0.25) is 0 Å². The van der Waals surface area contributed by atoms with Crippen molar-refractivity contribution in [3.8, 4) is 5.69 Å². The molecule has 20 heavy (non-hydrogen) atoms. The van der Waals surface area contributed by atoms with Crippen molar-refractivity contribution in [2.24, 2.45) is 0 Å². The molecule has 3 nitrogen and oxygen atoms in total. The lowest BCUT2D eigenvalue weighted by Crippen LogP contribution is -2.07. The maximum atomic E-state index is 4.88. The Morgan fingerprint density at radius 2 is 2.15 bits per heavy atom. The van der Waals surface area contributed by atoms with Gasteiger partial charge < -0.3 is 5.32 Å². The van der Waals surface area contributed by atoms with Gasteiger partial charge in [-0.1, -0.05) is 25.5 Å².